The highest BCUT2D eigenvalue weighted by molar-refractivity contribution is 5.49. The summed E-state index contributed by atoms with van der Waals surface area (Å²) in [6, 6.07) is 35.0. The molecule has 0 saturated heterocycles. The van der Waals surface area contributed by atoms with Crippen molar-refractivity contribution in [3.63, 3.8) is 0 Å². The minimum Gasteiger partial charge on any atom is -0.503 e. The van der Waals surface area contributed by atoms with Gasteiger partial charge in [-0.05, 0) is 42.5 Å². The molecule has 178 valence electrons. The topological polar surface area (TPSA) is 89.1 Å². The summed E-state index contributed by atoms with van der Waals surface area (Å²) < 4.78 is 4.85. The summed E-state index contributed by atoms with van der Waals surface area (Å²) in [6.45, 7) is 0.725. The van der Waals surface area contributed by atoms with Gasteiger partial charge in [-0.2, -0.15) is 10.5 Å². The molecule has 5 heteroatoms. The van der Waals surface area contributed by atoms with E-state index in [1.54, 1.807) is 0 Å². The Morgan fingerprint density at radius 3 is 1.71 bits per heavy atom. The molecule has 3 aromatic rings. The number of aliphatic hydroxyl groups is 1. The fourth-order valence-corrected chi connectivity index (χ4v) is 4.41. The summed E-state index contributed by atoms with van der Waals surface area (Å²) in [7, 11) is 1.39. The molecule has 35 heavy (non-hydrogen) atoms. The van der Waals surface area contributed by atoms with Crippen LogP contribution in [0.15, 0.2) is 103 Å². The van der Waals surface area contributed by atoms with Crippen LogP contribution in [-0.2, 0) is 10.3 Å². The second kappa shape index (κ2) is 12.5. The molecular weight excluding hydrogens is 434 g/mol. The van der Waals surface area contributed by atoms with Crippen LogP contribution < -0.4 is 5.32 Å². The van der Waals surface area contributed by atoms with E-state index in [0.717, 1.165) is 42.3 Å². The van der Waals surface area contributed by atoms with Crippen molar-refractivity contribution in [2.75, 3.05) is 13.7 Å². The maximum Gasteiger partial charge on any atom is 0.189 e. The number of nitrogens with zero attached hydrogens (tertiary/aromatic N) is 2. The van der Waals surface area contributed by atoms with Crippen LogP contribution in [0.4, 0.5) is 0 Å². The Labute approximate surface area is 207 Å². The molecule has 2 N–H and O–H groups in total. The summed E-state index contributed by atoms with van der Waals surface area (Å²) in [6.07, 6.45) is 3.54. The fraction of sp³-hybridized carbons (Fsp3) is 0.267. The van der Waals surface area contributed by atoms with Gasteiger partial charge in [0.05, 0.1) is 12.6 Å². The van der Waals surface area contributed by atoms with Crippen LogP contribution in [0.2, 0.25) is 0 Å². The Kier molecular flexibility index (Phi) is 9.21. The molecule has 0 aliphatic heterocycles. The zero-order chi connectivity index (χ0) is 25.0. The molecule has 1 unspecified atom stereocenters. The fourth-order valence-electron chi connectivity index (χ4n) is 4.41. The van der Waals surface area contributed by atoms with Gasteiger partial charge in [0.15, 0.2) is 5.60 Å². The average molecular weight is 466 g/mol. The van der Waals surface area contributed by atoms with Gasteiger partial charge in [-0.15, -0.1) is 0 Å². The van der Waals surface area contributed by atoms with Crippen molar-refractivity contribution in [2.45, 2.75) is 36.8 Å². The van der Waals surface area contributed by atoms with Gasteiger partial charge in [0.25, 0.3) is 0 Å². The molecule has 0 heterocycles. The Morgan fingerprint density at radius 2 is 1.31 bits per heavy atom. The summed E-state index contributed by atoms with van der Waals surface area (Å²) >= 11 is 0. The van der Waals surface area contributed by atoms with Crippen LogP contribution in [0.3, 0.4) is 0 Å². The zero-order valence-electron chi connectivity index (χ0n) is 20.0. The number of nitrogens with one attached hydrogen (secondary N) is 1. The Bertz CT molecular complexity index is 1070. The predicted octanol–water partition coefficient (Wildman–Crippen LogP) is 5.44. The second-order valence-electron chi connectivity index (χ2n) is 8.44. The van der Waals surface area contributed by atoms with E-state index in [9.17, 15) is 15.6 Å². The van der Waals surface area contributed by atoms with Crippen LogP contribution in [0, 0.1) is 22.7 Å². The molecular formula is C30H31N3O2. The molecule has 0 spiro atoms. The molecule has 0 fully saturated rings. The van der Waals surface area contributed by atoms with E-state index in [4.69, 9.17) is 4.74 Å². The molecule has 1 atom stereocenters. The number of nitriles is 2. The first kappa shape index (κ1) is 25.7. The van der Waals surface area contributed by atoms with Crippen LogP contribution >= 0.6 is 0 Å². The highest BCUT2D eigenvalue weighted by Crippen LogP contribution is 2.36. The lowest BCUT2D eigenvalue weighted by Gasteiger charge is -2.37. The minimum atomic E-state index is -1.83. The normalized spacial score (nSPS) is 13.3. The number of rotatable bonds is 12. The van der Waals surface area contributed by atoms with E-state index in [2.05, 4.69) is 78.1 Å². The van der Waals surface area contributed by atoms with Crippen LogP contribution in [0.5, 0.6) is 0 Å². The summed E-state index contributed by atoms with van der Waals surface area (Å²) in [5, 5.41) is 33.1. The smallest absolute Gasteiger partial charge is 0.189 e. The summed E-state index contributed by atoms with van der Waals surface area (Å²) in [4.78, 5) is 0. The number of benzene rings is 3. The van der Waals surface area contributed by atoms with Crippen molar-refractivity contribution < 1.29 is 9.84 Å². The third-order valence-corrected chi connectivity index (χ3v) is 6.21. The van der Waals surface area contributed by atoms with Crippen molar-refractivity contribution in [3.05, 3.63) is 120 Å². The van der Waals surface area contributed by atoms with Crippen molar-refractivity contribution >= 4 is 0 Å². The van der Waals surface area contributed by atoms with Gasteiger partial charge < -0.3 is 9.84 Å². The maximum absolute atomic E-state index is 10.6. The Balaban J connectivity index is 1.78. The van der Waals surface area contributed by atoms with E-state index in [1.165, 1.54) is 7.11 Å². The lowest BCUT2D eigenvalue weighted by Crippen LogP contribution is -2.45. The first-order chi connectivity index (χ1) is 17.1. The lowest BCUT2D eigenvalue weighted by atomic mass is 9.77. The number of unbranched alkanes of at least 4 members (excludes halogenated alkanes) is 2. The highest BCUT2D eigenvalue weighted by atomic mass is 16.5. The molecule has 0 bridgehead atoms. The van der Waals surface area contributed by atoms with Crippen LogP contribution in [0.1, 0.15) is 42.4 Å². The Morgan fingerprint density at radius 1 is 0.829 bits per heavy atom. The third kappa shape index (κ3) is 5.97. The van der Waals surface area contributed by atoms with Crippen molar-refractivity contribution in [1.82, 2.24) is 5.32 Å². The molecule has 0 aromatic heterocycles. The third-order valence-electron chi connectivity index (χ3n) is 6.21. The first-order valence-electron chi connectivity index (χ1n) is 11.8. The second-order valence-corrected chi connectivity index (χ2v) is 8.44. The molecule has 0 saturated carbocycles. The number of ether oxygens (including phenoxy) is 1. The van der Waals surface area contributed by atoms with E-state index in [0.29, 0.717) is 6.42 Å². The van der Waals surface area contributed by atoms with Crippen molar-refractivity contribution in [3.8, 4) is 12.1 Å². The largest absolute Gasteiger partial charge is 0.503 e. The maximum atomic E-state index is 10.6. The van der Waals surface area contributed by atoms with Crippen molar-refractivity contribution in [1.29, 1.82) is 10.5 Å². The number of methoxy groups -OCH3 is 1. The molecule has 3 aromatic carbocycles. The average Bonchev–Trinajstić information content (AvgIpc) is 2.93. The van der Waals surface area contributed by atoms with E-state index in [-0.39, 0.29) is 12.0 Å². The lowest BCUT2D eigenvalue weighted by molar-refractivity contribution is 0.124. The van der Waals surface area contributed by atoms with Crippen molar-refractivity contribution in [2.24, 2.45) is 0 Å². The number of hydrogen-bond acceptors (Lipinski definition) is 5. The van der Waals surface area contributed by atoms with Gasteiger partial charge in [0.2, 0.25) is 0 Å². The van der Waals surface area contributed by atoms with E-state index >= 15 is 0 Å². The van der Waals surface area contributed by atoms with Gasteiger partial charge in [-0.1, -0.05) is 97.4 Å². The minimum absolute atomic E-state index is 0.0723. The van der Waals surface area contributed by atoms with Gasteiger partial charge in [-0.3, -0.25) is 5.32 Å². The molecule has 0 radical (unpaired) electrons. The molecule has 0 aliphatic rings. The molecule has 0 aliphatic carbocycles. The van der Waals surface area contributed by atoms with Crippen LogP contribution in [-0.4, -0.2) is 24.4 Å². The van der Waals surface area contributed by atoms with Gasteiger partial charge in [-0.25, -0.2) is 0 Å². The monoisotopic (exact) mass is 465 g/mol. The summed E-state index contributed by atoms with van der Waals surface area (Å²) in [5.41, 5.74) is 1.03. The van der Waals surface area contributed by atoms with Gasteiger partial charge >= 0.3 is 0 Å². The SMILES string of the molecule is COC=C(C#N)C(O)(C#N)CCCCCNC(c1ccccc1)(c1ccccc1)c1ccccc1. The van der Waals surface area contributed by atoms with Gasteiger partial charge in [0, 0.05) is 0 Å². The van der Waals surface area contributed by atoms with Crippen LogP contribution in [0.25, 0.3) is 0 Å². The highest BCUT2D eigenvalue weighted by Gasteiger charge is 2.35. The predicted molar refractivity (Wildman–Crippen MR) is 137 cm³/mol. The van der Waals surface area contributed by atoms with Gasteiger partial charge in [0.1, 0.15) is 24.0 Å². The molecule has 0 amide bonds. The molecule has 5 nitrogen and oxygen atoms in total. The van der Waals surface area contributed by atoms with E-state index in [1.807, 2.05) is 30.3 Å². The molecule has 3 rings (SSSR count). The standard InChI is InChI=1S/C30H31N3O2/c1-35-23-28(22-31)29(34,24-32)20-12-5-13-21-33-30(25-14-6-2-7-15-25,26-16-8-3-9-17-26)27-18-10-4-11-19-27/h2-4,6-11,14-19,23,33-34H,5,12-13,20-21H2,1H3. The van der Waals surface area contributed by atoms with E-state index < -0.39 is 11.1 Å². The number of hydrogen-bond donors (Lipinski definition) is 2. The first-order valence-corrected chi connectivity index (χ1v) is 11.8. The zero-order valence-corrected chi connectivity index (χ0v) is 20.0. The quantitative estimate of drug-likeness (QED) is 0.122. The Hall–Kier alpha value is -3.90. The summed E-state index contributed by atoms with van der Waals surface area (Å²) in [5.74, 6) is 0.